The first-order valence-corrected chi connectivity index (χ1v) is 8.51. The molecule has 5 nitrogen and oxygen atoms in total. The largest absolute Gasteiger partial charge is 0.494 e. The second-order valence-electron chi connectivity index (χ2n) is 5.91. The van der Waals surface area contributed by atoms with Crippen molar-refractivity contribution < 1.29 is 14.3 Å². The van der Waals surface area contributed by atoms with E-state index in [0.717, 1.165) is 44.1 Å². The standard InChI is InChI=1S/C18H28N2O3/c1-3-22-16-4-6-17(7-5-16)23-14-18(21)20-12-9-15(10-13-20)8-11-19-2/h4-7,15,19H,3,8-14H2,1-2H3. The summed E-state index contributed by atoms with van der Waals surface area (Å²) in [7, 11) is 1.98. The van der Waals surface area contributed by atoms with E-state index < -0.39 is 0 Å². The lowest BCUT2D eigenvalue weighted by atomic mass is 9.93. The Bertz CT molecular complexity index is 468. The van der Waals surface area contributed by atoms with Crippen LogP contribution in [-0.2, 0) is 4.79 Å². The molecule has 1 amide bonds. The lowest BCUT2D eigenvalue weighted by Crippen LogP contribution is -2.41. The third kappa shape index (κ3) is 5.75. The van der Waals surface area contributed by atoms with Crippen molar-refractivity contribution in [2.75, 3.05) is 39.9 Å². The number of hydrogen-bond acceptors (Lipinski definition) is 4. The summed E-state index contributed by atoms with van der Waals surface area (Å²) >= 11 is 0. The fraction of sp³-hybridized carbons (Fsp3) is 0.611. The van der Waals surface area contributed by atoms with Gasteiger partial charge in [0.1, 0.15) is 11.5 Å². The summed E-state index contributed by atoms with van der Waals surface area (Å²) in [5, 5.41) is 3.19. The predicted octanol–water partition coefficient (Wildman–Crippen LogP) is 2.31. The van der Waals surface area contributed by atoms with Gasteiger partial charge < -0.3 is 19.7 Å². The Morgan fingerprint density at radius 2 is 1.78 bits per heavy atom. The number of rotatable bonds is 8. The van der Waals surface area contributed by atoms with E-state index in [2.05, 4.69) is 5.32 Å². The van der Waals surface area contributed by atoms with Gasteiger partial charge in [0, 0.05) is 13.1 Å². The number of benzene rings is 1. The van der Waals surface area contributed by atoms with Crippen LogP contribution in [0.2, 0.25) is 0 Å². The normalized spacial score (nSPS) is 15.5. The van der Waals surface area contributed by atoms with Gasteiger partial charge in [0.2, 0.25) is 0 Å². The van der Waals surface area contributed by atoms with Crippen LogP contribution in [0.5, 0.6) is 11.5 Å². The number of likely N-dealkylation sites (tertiary alicyclic amines) is 1. The first kappa shape index (κ1) is 17.6. The molecule has 0 saturated carbocycles. The molecule has 1 aromatic carbocycles. The smallest absolute Gasteiger partial charge is 0.260 e. The van der Waals surface area contributed by atoms with Crippen LogP contribution in [0.4, 0.5) is 0 Å². The van der Waals surface area contributed by atoms with Crippen molar-refractivity contribution >= 4 is 5.91 Å². The highest BCUT2D eigenvalue weighted by Crippen LogP contribution is 2.21. The average molecular weight is 320 g/mol. The van der Waals surface area contributed by atoms with Crippen molar-refractivity contribution in [2.24, 2.45) is 5.92 Å². The number of carbonyl (C=O) groups is 1. The molecule has 1 aromatic rings. The lowest BCUT2D eigenvalue weighted by molar-refractivity contribution is -0.134. The maximum Gasteiger partial charge on any atom is 0.260 e. The first-order chi connectivity index (χ1) is 11.2. The number of ether oxygens (including phenoxy) is 2. The lowest BCUT2D eigenvalue weighted by Gasteiger charge is -2.32. The number of hydrogen-bond donors (Lipinski definition) is 1. The molecule has 2 rings (SSSR count). The van der Waals surface area contributed by atoms with E-state index in [-0.39, 0.29) is 12.5 Å². The van der Waals surface area contributed by atoms with Crippen molar-refractivity contribution in [3.8, 4) is 11.5 Å². The molecule has 1 aliphatic rings. The molecular formula is C18H28N2O3. The molecule has 0 radical (unpaired) electrons. The third-order valence-corrected chi connectivity index (χ3v) is 4.27. The van der Waals surface area contributed by atoms with Crippen LogP contribution in [0, 0.1) is 5.92 Å². The van der Waals surface area contributed by atoms with Crippen LogP contribution in [0.15, 0.2) is 24.3 Å². The average Bonchev–Trinajstić information content (AvgIpc) is 2.60. The molecule has 1 aliphatic heterocycles. The van der Waals surface area contributed by atoms with E-state index in [4.69, 9.17) is 9.47 Å². The fourth-order valence-electron chi connectivity index (χ4n) is 2.85. The van der Waals surface area contributed by atoms with Gasteiger partial charge >= 0.3 is 0 Å². The van der Waals surface area contributed by atoms with Crippen molar-refractivity contribution in [3.05, 3.63) is 24.3 Å². The summed E-state index contributed by atoms with van der Waals surface area (Å²) in [5.74, 6) is 2.32. The summed E-state index contributed by atoms with van der Waals surface area (Å²) in [6, 6.07) is 7.39. The second-order valence-corrected chi connectivity index (χ2v) is 5.91. The molecule has 0 aliphatic carbocycles. The van der Waals surface area contributed by atoms with Gasteiger partial charge in [-0.3, -0.25) is 4.79 Å². The van der Waals surface area contributed by atoms with Gasteiger partial charge in [-0.15, -0.1) is 0 Å². The summed E-state index contributed by atoms with van der Waals surface area (Å²) in [5.41, 5.74) is 0. The number of carbonyl (C=O) groups excluding carboxylic acids is 1. The highest BCUT2D eigenvalue weighted by atomic mass is 16.5. The Kier molecular flexibility index (Phi) is 7.20. The molecule has 128 valence electrons. The minimum atomic E-state index is 0.0750. The van der Waals surface area contributed by atoms with Crippen LogP contribution >= 0.6 is 0 Å². The van der Waals surface area contributed by atoms with E-state index in [0.29, 0.717) is 12.4 Å². The van der Waals surface area contributed by atoms with Gasteiger partial charge in [-0.2, -0.15) is 0 Å². The number of nitrogens with one attached hydrogen (secondary N) is 1. The Morgan fingerprint density at radius 3 is 2.35 bits per heavy atom. The zero-order valence-electron chi connectivity index (χ0n) is 14.2. The van der Waals surface area contributed by atoms with E-state index in [1.54, 1.807) is 0 Å². The fourth-order valence-corrected chi connectivity index (χ4v) is 2.85. The van der Waals surface area contributed by atoms with Gasteiger partial charge in [-0.1, -0.05) is 0 Å². The van der Waals surface area contributed by atoms with Crippen LogP contribution in [0.3, 0.4) is 0 Å². The summed E-state index contributed by atoms with van der Waals surface area (Å²) < 4.78 is 11.0. The molecule has 0 bridgehead atoms. The predicted molar refractivity (Wildman–Crippen MR) is 91.0 cm³/mol. The highest BCUT2D eigenvalue weighted by molar-refractivity contribution is 5.77. The van der Waals surface area contributed by atoms with Crippen LogP contribution in [0.1, 0.15) is 26.2 Å². The molecular weight excluding hydrogens is 292 g/mol. The molecule has 0 unspecified atom stereocenters. The molecule has 1 fully saturated rings. The minimum absolute atomic E-state index is 0.0750. The summed E-state index contributed by atoms with van der Waals surface area (Å²) in [6.07, 6.45) is 3.38. The molecule has 1 N–H and O–H groups in total. The van der Waals surface area contributed by atoms with Crippen molar-refractivity contribution in [1.82, 2.24) is 10.2 Å². The summed E-state index contributed by atoms with van der Waals surface area (Å²) in [6.45, 7) is 5.45. The second kappa shape index (κ2) is 9.40. The van der Waals surface area contributed by atoms with Crippen molar-refractivity contribution in [1.29, 1.82) is 0 Å². The monoisotopic (exact) mass is 320 g/mol. The Balaban J connectivity index is 1.70. The zero-order chi connectivity index (χ0) is 16.5. The zero-order valence-corrected chi connectivity index (χ0v) is 14.2. The minimum Gasteiger partial charge on any atom is -0.494 e. The van der Waals surface area contributed by atoms with Crippen molar-refractivity contribution in [3.63, 3.8) is 0 Å². The molecule has 1 saturated heterocycles. The Labute approximate surface area is 139 Å². The van der Waals surface area contributed by atoms with Crippen LogP contribution in [0.25, 0.3) is 0 Å². The molecule has 1 heterocycles. The van der Waals surface area contributed by atoms with Crippen LogP contribution < -0.4 is 14.8 Å². The molecule has 0 spiro atoms. The van der Waals surface area contributed by atoms with E-state index in [1.807, 2.05) is 43.1 Å². The summed E-state index contributed by atoms with van der Waals surface area (Å²) in [4.78, 5) is 14.1. The topological polar surface area (TPSA) is 50.8 Å². The molecule has 0 aromatic heterocycles. The van der Waals surface area contributed by atoms with E-state index >= 15 is 0 Å². The quantitative estimate of drug-likeness (QED) is 0.798. The number of amides is 1. The Morgan fingerprint density at radius 1 is 1.17 bits per heavy atom. The van der Waals surface area contributed by atoms with E-state index in [9.17, 15) is 4.79 Å². The Hall–Kier alpha value is -1.75. The van der Waals surface area contributed by atoms with Crippen molar-refractivity contribution in [2.45, 2.75) is 26.2 Å². The highest BCUT2D eigenvalue weighted by Gasteiger charge is 2.22. The molecule has 5 heteroatoms. The van der Waals surface area contributed by atoms with Crippen LogP contribution in [-0.4, -0.2) is 50.7 Å². The van der Waals surface area contributed by atoms with Gasteiger partial charge in [-0.05, 0) is 70.0 Å². The van der Waals surface area contributed by atoms with Gasteiger partial charge in [0.15, 0.2) is 6.61 Å². The molecule has 0 atom stereocenters. The van der Waals surface area contributed by atoms with E-state index in [1.165, 1.54) is 6.42 Å². The van der Waals surface area contributed by atoms with Gasteiger partial charge in [0.25, 0.3) is 5.91 Å². The maximum absolute atomic E-state index is 12.2. The maximum atomic E-state index is 12.2. The van der Waals surface area contributed by atoms with Gasteiger partial charge in [0.05, 0.1) is 6.61 Å². The van der Waals surface area contributed by atoms with Gasteiger partial charge in [-0.25, -0.2) is 0 Å². The number of piperidine rings is 1. The first-order valence-electron chi connectivity index (χ1n) is 8.51. The SMILES string of the molecule is CCOc1ccc(OCC(=O)N2CCC(CCNC)CC2)cc1. The molecule has 23 heavy (non-hydrogen) atoms. The third-order valence-electron chi connectivity index (χ3n) is 4.27. The number of nitrogens with zero attached hydrogens (tertiary/aromatic N) is 1.